The fraction of sp³-hybridized carbons (Fsp3) is 0.300. The number of primary amides is 1. The maximum atomic E-state index is 14.0. The van der Waals surface area contributed by atoms with E-state index in [0.29, 0.717) is 17.1 Å². The van der Waals surface area contributed by atoms with E-state index in [4.69, 9.17) is 16.2 Å². The number of hydrazone groups is 1. The number of fused-ring (bicyclic) bond motifs is 6. The number of ether oxygens (including phenoxy) is 1. The van der Waals surface area contributed by atoms with Crippen LogP contribution in [0.25, 0.3) is 0 Å². The van der Waals surface area contributed by atoms with Gasteiger partial charge >= 0.3 is 6.03 Å². The number of rotatable bonds is 7. The predicted molar refractivity (Wildman–Crippen MR) is 157 cm³/mol. The monoisotopic (exact) mass is 541 g/mol. The summed E-state index contributed by atoms with van der Waals surface area (Å²) in [5.74, 6) is 0.575. The zero-order valence-electron chi connectivity index (χ0n) is 23.3. The van der Waals surface area contributed by atoms with E-state index in [9.17, 15) is 9.59 Å². The predicted octanol–water partition coefficient (Wildman–Crippen LogP) is 4.13. The van der Waals surface area contributed by atoms with Crippen molar-refractivity contribution in [3.05, 3.63) is 82.9 Å². The molecule has 10 nitrogen and oxygen atoms in total. The lowest BCUT2D eigenvalue weighted by atomic mass is 9.75. The second-order valence-corrected chi connectivity index (χ2v) is 9.66. The van der Waals surface area contributed by atoms with E-state index in [1.165, 1.54) is 5.01 Å². The number of amides is 3. The van der Waals surface area contributed by atoms with Crippen molar-refractivity contribution >= 4 is 29.3 Å². The summed E-state index contributed by atoms with van der Waals surface area (Å²) in [6, 6.07) is 18.6. The standard InChI is InChI=1S/C30H35N7O3/c1-5-35(6-2)19-13-15-23-25(17-19)40-26-18-20(36(7-3)8-4)14-16-24(26)30(23)22-12-10-9-11-21(22)27(38)37(30)34-28(31)33-29(32)39/h9-18H,5-8H2,1-4H3,(H5,31,32,33,34,39). The van der Waals surface area contributed by atoms with Crippen molar-refractivity contribution in [1.82, 2.24) is 10.3 Å². The van der Waals surface area contributed by atoms with E-state index in [1.54, 1.807) is 6.07 Å². The van der Waals surface area contributed by atoms with Gasteiger partial charge in [-0.2, -0.15) is 0 Å². The van der Waals surface area contributed by atoms with Gasteiger partial charge in [0, 0.05) is 71.9 Å². The number of guanidine groups is 1. The van der Waals surface area contributed by atoms with Gasteiger partial charge in [0.15, 0.2) is 0 Å². The Hall–Kier alpha value is -4.73. The highest BCUT2D eigenvalue weighted by Crippen LogP contribution is 2.58. The molecule has 0 bridgehead atoms. The highest BCUT2D eigenvalue weighted by atomic mass is 16.5. The van der Waals surface area contributed by atoms with Crippen LogP contribution in [0.3, 0.4) is 0 Å². The van der Waals surface area contributed by atoms with Crippen molar-refractivity contribution in [3.8, 4) is 11.5 Å². The van der Waals surface area contributed by atoms with Gasteiger partial charge in [0.25, 0.3) is 5.91 Å². The summed E-state index contributed by atoms with van der Waals surface area (Å²) in [5.41, 5.74) is 14.9. The number of carbonyl (C=O) groups excluding carboxylic acids is 2. The Kier molecular flexibility index (Phi) is 7.01. The van der Waals surface area contributed by atoms with Crippen LogP contribution in [0.2, 0.25) is 0 Å². The first-order valence-electron chi connectivity index (χ1n) is 13.6. The van der Waals surface area contributed by atoms with Gasteiger partial charge in [0.2, 0.25) is 5.96 Å². The van der Waals surface area contributed by atoms with Gasteiger partial charge in [-0.3, -0.25) is 10.1 Å². The fourth-order valence-electron chi connectivity index (χ4n) is 5.89. The maximum Gasteiger partial charge on any atom is 0.318 e. The molecule has 2 aliphatic rings. The topological polar surface area (TPSA) is 130 Å². The summed E-state index contributed by atoms with van der Waals surface area (Å²) >= 11 is 0. The number of nitrogens with two attached hydrogens (primary N) is 2. The lowest BCUT2D eigenvalue weighted by Crippen LogP contribution is -2.48. The Morgan fingerprint density at radius 2 is 1.38 bits per heavy atom. The molecule has 3 aromatic carbocycles. The van der Waals surface area contributed by atoms with Crippen LogP contribution in [0, 0.1) is 0 Å². The van der Waals surface area contributed by atoms with Gasteiger partial charge in [-0.05, 0) is 45.9 Å². The van der Waals surface area contributed by atoms with E-state index in [2.05, 4.69) is 47.9 Å². The summed E-state index contributed by atoms with van der Waals surface area (Å²) in [4.78, 5) is 30.1. The smallest absolute Gasteiger partial charge is 0.318 e. The number of benzene rings is 3. The number of nitrogens with one attached hydrogen (secondary N) is 1. The molecule has 3 aromatic rings. The van der Waals surface area contributed by atoms with Crippen LogP contribution in [-0.4, -0.2) is 49.1 Å². The van der Waals surface area contributed by atoms with Crippen LogP contribution >= 0.6 is 0 Å². The Balaban J connectivity index is 1.85. The molecule has 0 saturated heterocycles. The zero-order valence-corrected chi connectivity index (χ0v) is 23.3. The molecule has 5 rings (SSSR count). The minimum atomic E-state index is -1.20. The molecule has 10 heteroatoms. The summed E-state index contributed by atoms with van der Waals surface area (Å²) in [6.07, 6.45) is 0. The Morgan fingerprint density at radius 3 is 1.88 bits per heavy atom. The SMILES string of the molecule is CCN(CC)c1ccc2c(c1)Oc1cc(N(CC)CC)ccc1C21c2ccccc2C(=O)N1/N=C(\N)NC(N)=O. The molecule has 0 saturated carbocycles. The van der Waals surface area contributed by atoms with Crippen molar-refractivity contribution in [2.45, 2.75) is 33.2 Å². The highest BCUT2D eigenvalue weighted by Gasteiger charge is 2.57. The third kappa shape index (κ3) is 4.07. The van der Waals surface area contributed by atoms with Crippen LogP contribution < -0.4 is 31.3 Å². The summed E-state index contributed by atoms with van der Waals surface area (Å²) in [7, 11) is 0. The average molecular weight is 542 g/mol. The molecule has 40 heavy (non-hydrogen) atoms. The number of hydrogen-bond donors (Lipinski definition) is 3. The number of nitrogens with zero attached hydrogens (tertiary/aromatic N) is 4. The largest absolute Gasteiger partial charge is 0.456 e. The first-order valence-corrected chi connectivity index (χ1v) is 13.6. The third-order valence-electron chi connectivity index (χ3n) is 7.70. The van der Waals surface area contributed by atoms with E-state index < -0.39 is 11.6 Å². The minimum Gasteiger partial charge on any atom is -0.456 e. The van der Waals surface area contributed by atoms with Crippen molar-refractivity contribution < 1.29 is 14.3 Å². The maximum absolute atomic E-state index is 14.0. The van der Waals surface area contributed by atoms with Crippen molar-refractivity contribution in [2.75, 3.05) is 36.0 Å². The quantitative estimate of drug-likeness (QED) is 0.305. The van der Waals surface area contributed by atoms with E-state index in [-0.39, 0.29) is 11.9 Å². The van der Waals surface area contributed by atoms with Crippen LogP contribution in [0.1, 0.15) is 54.7 Å². The second kappa shape index (κ2) is 10.4. The van der Waals surface area contributed by atoms with Gasteiger partial charge in [-0.25, -0.2) is 9.80 Å². The van der Waals surface area contributed by atoms with Gasteiger partial charge in [0.05, 0.1) is 0 Å². The Labute approximate surface area is 234 Å². The van der Waals surface area contributed by atoms with Crippen molar-refractivity contribution in [2.24, 2.45) is 16.6 Å². The van der Waals surface area contributed by atoms with Crippen molar-refractivity contribution in [1.29, 1.82) is 0 Å². The van der Waals surface area contributed by atoms with Gasteiger partial charge in [-0.1, -0.05) is 30.3 Å². The minimum absolute atomic E-state index is 0.290. The molecule has 0 radical (unpaired) electrons. The van der Waals surface area contributed by atoms with Gasteiger partial charge < -0.3 is 26.0 Å². The first kappa shape index (κ1) is 26.9. The molecular weight excluding hydrogens is 506 g/mol. The fourth-order valence-corrected chi connectivity index (χ4v) is 5.89. The molecule has 0 unspecified atom stereocenters. The lowest BCUT2D eigenvalue weighted by molar-refractivity contribution is 0.0671. The highest BCUT2D eigenvalue weighted by molar-refractivity contribution is 6.03. The van der Waals surface area contributed by atoms with Crippen LogP contribution in [0.5, 0.6) is 11.5 Å². The molecular formula is C30H35N7O3. The molecule has 0 fully saturated rings. The summed E-state index contributed by atoms with van der Waals surface area (Å²) < 4.78 is 6.63. The van der Waals surface area contributed by atoms with Crippen LogP contribution in [0.15, 0.2) is 65.8 Å². The number of carbonyl (C=O) groups is 2. The molecule has 2 heterocycles. The third-order valence-corrected chi connectivity index (χ3v) is 7.70. The number of anilines is 2. The second-order valence-electron chi connectivity index (χ2n) is 9.66. The summed E-state index contributed by atoms with van der Waals surface area (Å²) in [5, 5.41) is 8.09. The molecule has 0 aliphatic carbocycles. The van der Waals surface area contributed by atoms with Crippen molar-refractivity contribution in [3.63, 3.8) is 0 Å². The number of hydrogen-bond acceptors (Lipinski definition) is 6. The van der Waals surface area contributed by atoms with Crippen LogP contribution in [-0.2, 0) is 5.54 Å². The number of urea groups is 1. The van der Waals surface area contributed by atoms with E-state index >= 15 is 0 Å². The molecule has 5 N–H and O–H groups in total. The van der Waals surface area contributed by atoms with Crippen LogP contribution in [0.4, 0.5) is 16.2 Å². The molecule has 1 spiro atoms. The Morgan fingerprint density at radius 1 is 0.850 bits per heavy atom. The molecule has 208 valence electrons. The zero-order chi connectivity index (χ0) is 28.6. The first-order chi connectivity index (χ1) is 19.3. The van der Waals surface area contributed by atoms with Gasteiger partial charge in [-0.15, -0.1) is 5.10 Å². The molecule has 2 aliphatic heterocycles. The van der Waals surface area contributed by atoms with E-state index in [1.807, 2.05) is 54.6 Å². The van der Waals surface area contributed by atoms with E-state index in [0.717, 1.165) is 54.2 Å². The van der Waals surface area contributed by atoms with Gasteiger partial charge in [0.1, 0.15) is 17.0 Å². The average Bonchev–Trinajstić information content (AvgIpc) is 3.18. The summed E-state index contributed by atoms with van der Waals surface area (Å²) in [6.45, 7) is 11.7. The molecule has 0 aromatic heterocycles. The molecule has 3 amide bonds. The normalized spacial score (nSPS) is 14.8. The Bertz CT molecular complexity index is 1430. The lowest BCUT2D eigenvalue weighted by Gasteiger charge is -2.42. The molecule has 0 atom stereocenters.